The van der Waals surface area contributed by atoms with Crippen LogP contribution in [-0.2, 0) is 13.4 Å². The van der Waals surface area contributed by atoms with Crippen LogP contribution >= 0.6 is 15.6 Å². The van der Waals surface area contributed by atoms with E-state index in [1.54, 1.807) is 0 Å². The first-order valence-corrected chi connectivity index (χ1v) is 6.11. The molecule has 0 heterocycles. The zero-order valence-corrected chi connectivity index (χ0v) is 8.90. The van der Waals surface area contributed by atoms with Gasteiger partial charge in [-0.25, -0.2) is 9.13 Å². The van der Waals surface area contributed by atoms with Gasteiger partial charge in [0.1, 0.15) is 0 Å². The second-order valence-electron chi connectivity index (χ2n) is 1.75. The highest BCUT2D eigenvalue weighted by Crippen LogP contribution is 2.53. The lowest BCUT2D eigenvalue weighted by Gasteiger charge is -2.03. The average molecular weight is 264 g/mol. The maximum Gasteiger partial charge on any atom is 0.478 e. The minimum atomic E-state index is -5.05. The molecule has 11 heteroatoms. The summed E-state index contributed by atoms with van der Waals surface area (Å²) in [5.41, 5.74) is 0. The van der Waals surface area contributed by atoms with Gasteiger partial charge in [-0.15, -0.1) is 0 Å². The third-order valence-corrected chi connectivity index (χ3v) is 2.20. The van der Waals surface area contributed by atoms with Crippen molar-refractivity contribution in [3.05, 3.63) is 24.7 Å². The van der Waals surface area contributed by atoms with Crippen molar-refractivity contribution >= 4 is 15.6 Å². The fraction of sp³-hybridized carbons (Fsp3) is 0. The fourth-order valence-electron chi connectivity index (χ4n) is 0.238. The van der Waals surface area contributed by atoms with E-state index < -0.39 is 15.6 Å². The number of hydrogen-bond donors (Lipinski definition) is 6. The lowest BCUT2D eigenvalue weighted by Crippen LogP contribution is -1.84. The van der Waals surface area contributed by atoms with Gasteiger partial charge in [0.05, 0.1) is 12.5 Å². The second-order valence-corrected chi connectivity index (χ2v) is 4.36. The second kappa shape index (κ2) is 7.61. The highest BCUT2D eigenvalue weighted by atomic mass is 31.3. The third-order valence-electron chi connectivity index (χ3n) is 0.496. The van der Waals surface area contributed by atoms with Crippen LogP contribution in [0.1, 0.15) is 0 Å². The minimum absolute atomic E-state index is 0.840. The van der Waals surface area contributed by atoms with Crippen molar-refractivity contribution in [3.8, 4) is 0 Å². The quantitative estimate of drug-likeness (QED) is 0.239. The van der Waals surface area contributed by atoms with Crippen LogP contribution in [-0.4, -0.2) is 29.8 Å². The Hall–Kier alpha value is -0.660. The molecule has 0 aromatic heterocycles. The monoisotopic (exact) mass is 264 g/mol. The largest absolute Gasteiger partial charge is 0.516 e. The molecular weight excluding hydrogens is 254 g/mol. The number of allylic oxidation sites excluding steroid dienone is 2. The summed E-state index contributed by atoms with van der Waals surface area (Å²) in [6, 6.07) is 0. The van der Waals surface area contributed by atoms with E-state index in [0.29, 0.717) is 0 Å². The van der Waals surface area contributed by atoms with Crippen LogP contribution in [0.25, 0.3) is 0 Å². The SMILES string of the molecule is O=P(O)(O)OP(=O)(O)O.OC=CC=CO. The maximum absolute atomic E-state index is 9.63. The van der Waals surface area contributed by atoms with Gasteiger partial charge in [0.2, 0.25) is 0 Å². The summed E-state index contributed by atoms with van der Waals surface area (Å²) in [5, 5.41) is 15.7. The lowest BCUT2D eigenvalue weighted by atomic mass is 10.6. The molecule has 0 rings (SSSR count). The van der Waals surface area contributed by atoms with Crippen molar-refractivity contribution in [2.75, 3.05) is 0 Å². The van der Waals surface area contributed by atoms with Crippen LogP contribution in [0.15, 0.2) is 24.7 Å². The lowest BCUT2D eigenvalue weighted by molar-refractivity contribution is 0.225. The van der Waals surface area contributed by atoms with Gasteiger partial charge in [0, 0.05) is 0 Å². The van der Waals surface area contributed by atoms with Crippen LogP contribution in [0.5, 0.6) is 0 Å². The molecule has 0 fully saturated rings. The summed E-state index contributed by atoms with van der Waals surface area (Å²) in [7, 11) is -10.1. The van der Waals surface area contributed by atoms with Crippen molar-refractivity contribution in [2.45, 2.75) is 0 Å². The number of aliphatic hydroxyl groups excluding tert-OH is 2. The van der Waals surface area contributed by atoms with Gasteiger partial charge in [-0.05, 0) is 12.2 Å². The predicted molar refractivity (Wildman–Crippen MR) is 48.7 cm³/mol. The molecule has 0 aliphatic heterocycles. The molecule has 0 amide bonds. The zero-order valence-electron chi connectivity index (χ0n) is 7.11. The highest BCUT2D eigenvalue weighted by Gasteiger charge is 2.27. The average Bonchev–Trinajstić information content (AvgIpc) is 1.94. The Morgan fingerprint density at radius 1 is 0.800 bits per heavy atom. The Bertz CT molecular complexity index is 265. The number of phosphoric acid groups is 2. The van der Waals surface area contributed by atoms with Gasteiger partial charge >= 0.3 is 15.6 Å². The molecule has 0 saturated carbocycles. The Kier molecular flexibility index (Phi) is 8.50. The number of aliphatic hydroxyl groups is 2. The molecule has 15 heavy (non-hydrogen) atoms. The molecule has 0 radical (unpaired) electrons. The summed E-state index contributed by atoms with van der Waals surface area (Å²) in [4.78, 5) is 31.0. The van der Waals surface area contributed by atoms with Crippen LogP contribution in [0, 0.1) is 0 Å². The normalized spacial score (nSPS) is 12.8. The van der Waals surface area contributed by atoms with Crippen LogP contribution in [0.3, 0.4) is 0 Å². The van der Waals surface area contributed by atoms with E-state index in [0.717, 1.165) is 12.5 Å². The van der Waals surface area contributed by atoms with Crippen LogP contribution in [0.4, 0.5) is 0 Å². The van der Waals surface area contributed by atoms with Gasteiger partial charge in [-0.1, -0.05) is 0 Å². The summed E-state index contributed by atoms with van der Waals surface area (Å²) < 4.78 is 22.2. The molecule has 0 bridgehead atoms. The van der Waals surface area contributed by atoms with Crippen molar-refractivity contribution in [3.63, 3.8) is 0 Å². The van der Waals surface area contributed by atoms with E-state index >= 15 is 0 Å². The van der Waals surface area contributed by atoms with E-state index in [-0.39, 0.29) is 0 Å². The minimum Gasteiger partial charge on any atom is -0.516 e. The Labute approximate surface area is 84.4 Å². The zero-order chi connectivity index (χ0) is 12.5. The number of rotatable bonds is 3. The molecule has 0 aliphatic rings. The molecule has 6 N–H and O–H groups in total. The van der Waals surface area contributed by atoms with Gasteiger partial charge < -0.3 is 29.8 Å². The molecule has 0 aliphatic carbocycles. The Morgan fingerprint density at radius 3 is 1.13 bits per heavy atom. The fourth-order valence-corrected chi connectivity index (χ4v) is 1.35. The van der Waals surface area contributed by atoms with Crippen molar-refractivity contribution in [1.82, 2.24) is 0 Å². The molecule has 9 nitrogen and oxygen atoms in total. The Morgan fingerprint density at radius 2 is 1.07 bits per heavy atom. The summed E-state index contributed by atoms with van der Waals surface area (Å²) in [6.07, 6.45) is 4.29. The smallest absolute Gasteiger partial charge is 0.478 e. The third kappa shape index (κ3) is 24.7. The van der Waals surface area contributed by atoms with Gasteiger partial charge in [0.25, 0.3) is 0 Å². The molecule has 0 aromatic carbocycles. The van der Waals surface area contributed by atoms with E-state index in [1.165, 1.54) is 12.2 Å². The first kappa shape index (κ1) is 16.8. The maximum atomic E-state index is 9.63. The van der Waals surface area contributed by atoms with Gasteiger partial charge in [0.15, 0.2) is 0 Å². The van der Waals surface area contributed by atoms with Crippen LogP contribution in [0.2, 0.25) is 0 Å². The van der Waals surface area contributed by atoms with Crippen molar-refractivity contribution in [2.24, 2.45) is 0 Å². The summed E-state index contributed by atoms with van der Waals surface area (Å²) in [5.74, 6) is 0. The highest BCUT2D eigenvalue weighted by molar-refractivity contribution is 7.60. The summed E-state index contributed by atoms with van der Waals surface area (Å²) >= 11 is 0. The van der Waals surface area contributed by atoms with E-state index in [9.17, 15) is 9.13 Å². The topological polar surface area (TPSA) is 165 Å². The molecule has 0 aromatic rings. The van der Waals surface area contributed by atoms with Crippen molar-refractivity contribution in [1.29, 1.82) is 0 Å². The van der Waals surface area contributed by atoms with Gasteiger partial charge in [-0.3, -0.25) is 0 Å². The summed E-state index contributed by atoms with van der Waals surface area (Å²) in [6.45, 7) is 0. The predicted octanol–water partition coefficient (Wildman–Crippen LogP) is 0.318. The van der Waals surface area contributed by atoms with E-state index in [1.807, 2.05) is 0 Å². The molecule has 90 valence electrons. The van der Waals surface area contributed by atoms with E-state index in [2.05, 4.69) is 4.31 Å². The van der Waals surface area contributed by atoms with E-state index in [4.69, 9.17) is 29.8 Å². The molecule has 0 atom stereocenters. The Balaban J connectivity index is 0. The molecule has 0 saturated heterocycles. The molecule has 0 unspecified atom stereocenters. The molecular formula is C4H10O9P2. The molecule has 0 spiro atoms. The van der Waals surface area contributed by atoms with Crippen molar-refractivity contribution < 1.29 is 43.2 Å². The first-order chi connectivity index (χ1) is 6.62. The number of hydrogen-bond acceptors (Lipinski definition) is 5. The van der Waals surface area contributed by atoms with Gasteiger partial charge in [-0.2, -0.15) is 4.31 Å². The standard InChI is InChI=1S/C4H6O2.H4O7P2/c5-3-1-2-4-6;1-8(2,3)7-9(4,5)6/h1-6H;(H2,1,2,3)(H2,4,5,6). The first-order valence-electron chi connectivity index (χ1n) is 3.05. The van der Waals surface area contributed by atoms with Crippen LogP contribution < -0.4 is 0 Å².